The van der Waals surface area contributed by atoms with Crippen LogP contribution in [0.25, 0.3) is 16.7 Å². The summed E-state index contributed by atoms with van der Waals surface area (Å²) in [5, 5.41) is 11.8. The summed E-state index contributed by atoms with van der Waals surface area (Å²) in [6.45, 7) is 2.08. The predicted molar refractivity (Wildman–Crippen MR) is 100 cm³/mol. The lowest BCUT2D eigenvalue weighted by molar-refractivity contribution is 0.0923. The molecule has 2 aromatic carbocycles. The molecule has 0 unspecified atom stereocenters. The number of aryl methyl sites for hydroxylation is 1. The van der Waals surface area contributed by atoms with Crippen LogP contribution in [0.4, 0.5) is 0 Å². The van der Waals surface area contributed by atoms with Crippen LogP contribution in [0.1, 0.15) is 21.9 Å². The summed E-state index contributed by atoms with van der Waals surface area (Å²) in [5.41, 5.74) is 2.34. The summed E-state index contributed by atoms with van der Waals surface area (Å²) >= 11 is 0. The Balaban J connectivity index is 1.55. The predicted octanol–water partition coefficient (Wildman–Crippen LogP) is 3.26. The van der Waals surface area contributed by atoms with Crippen molar-refractivity contribution in [1.82, 2.24) is 20.1 Å². The van der Waals surface area contributed by atoms with Crippen molar-refractivity contribution in [2.75, 3.05) is 7.11 Å². The third kappa shape index (κ3) is 3.15. The van der Waals surface area contributed by atoms with E-state index in [1.807, 2.05) is 47.9 Å². The van der Waals surface area contributed by atoms with Crippen LogP contribution in [-0.4, -0.2) is 27.8 Å². The number of amides is 1. The summed E-state index contributed by atoms with van der Waals surface area (Å²) < 4.78 is 12.8. The van der Waals surface area contributed by atoms with Gasteiger partial charge in [-0.25, -0.2) is 0 Å². The molecule has 0 radical (unpaired) electrons. The molecule has 4 rings (SSSR count). The SMILES string of the molecule is COc1ccc2oc(C(=O)NCc3nncn3-c3ccccc3)c(C)c2c1. The number of nitrogens with zero attached hydrogens (tertiary/aromatic N) is 3. The number of furan rings is 1. The van der Waals surface area contributed by atoms with E-state index in [4.69, 9.17) is 9.15 Å². The minimum absolute atomic E-state index is 0.230. The first kappa shape index (κ1) is 16.8. The molecule has 0 fully saturated rings. The van der Waals surface area contributed by atoms with Crippen molar-refractivity contribution in [3.05, 3.63) is 72.0 Å². The molecule has 1 amide bonds. The van der Waals surface area contributed by atoms with Gasteiger partial charge in [-0.1, -0.05) is 18.2 Å². The minimum Gasteiger partial charge on any atom is -0.497 e. The van der Waals surface area contributed by atoms with E-state index in [1.54, 1.807) is 25.6 Å². The van der Waals surface area contributed by atoms with Crippen LogP contribution in [0.2, 0.25) is 0 Å². The van der Waals surface area contributed by atoms with Gasteiger partial charge in [0, 0.05) is 16.6 Å². The summed E-state index contributed by atoms with van der Waals surface area (Å²) in [5.74, 6) is 1.33. The average Bonchev–Trinajstić information content (AvgIpc) is 3.31. The van der Waals surface area contributed by atoms with E-state index in [0.717, 1.165) is 16.6 Å². The van der Waals surface area contributed by atoms with Gasteiger partial charge in [-0.05, 0) is 37.3 Å². The van der Waals surface area contributed by atoms with Gasteiger partial charge in [0.25, 0.3) is 5.91 Å². The topological polar surface area (TPSA) is 82.2 Å². The summed E-state index contributed by atoms with van der Waals surface area (Å²) in [6, 6.07) is 15.2. The van der Waals surface area contributed by atoms with Crippen molar-refractivity contribution in [3.63, 3.8) is 0 Å². The molecule has 0 saturated heterocycles. The number of rotatable bonds is 5. The number of para-hydroxylation sites is 1. The van der Waals surface area contributed by atoms with Gasteiger partial charge < -0.3 is 14.5 Å². The van der Waals surface area contributed by atoms with E-state index in [0.29, 0.717) is 17.2 Å². The van der Waals surface area contributed by atoms with Crippen LogP contribution in [0.3, 0.4) is 0 Å². The molecule has 4 aromatic rings. The maximum Gasteiger partial charge on any atom is 0.287 e. The fourth-order valence-electron chi connectivity index (χ4n) is 2.97. The second kappa shape index (κ2) is 6.95. The highest BCUT2D eigenvalue weighted by Crippen LogP contribution is 2.28. The molecule has 0 aliphatic heterocycles. The van der Waals surface area contributed by atoms with Crippen LogP contribution in [-0.2, 0) is 6.54 Å². The normalized spacial score (nSPS) is 10.9. The number of carbonyl (C=O) groups is 1. The molecule has 2 heterocycles. The van der Waals surface area contributed by atoms with Crippen molar-refractivity contribution >= 4 is 16.9 Å². The number of benzene rings is 2. The molecule has 1 N–H and O–H groups in total. The largest absolute Gasteiger partial charge is 0.497 e. The van der Waals surface area contributed by atoms with Gasteiger partial charge in [-0.2, -0.15) is 0 Å². The van der Waals surface area contributed by atoms with Gasteiger partial charge in [0.2, 0.25) is 0 Å². The molecule has 0 aliphatic rings. The molecule has 7 nitrogen and oxygen atoms in total. The maximum absolute atomic E-state index is 12.6. The monoisotopic (exact) mass is 362 g/mol. The summed E-state index contributed by atoms with van der Waals surface area (Å²) in [7, 11) is 1.60. The van der Waals surface area contributed by atoms with Crippen molar-refractivity contribution in [2.45, 2.75) is 13.5 Å². The second-order valence-electron chi connectivity index (χ2n) is 6.05. The third-order valence-corrected chi connectivity index (χ3v) is 4.41. The molecule has 0 atom stereocenters. The molecule has 136 valence electrons. The molecule has 27 heavy (non-hydrogen) atoms. The van der Waals surface area contributed by atoms with E-state index < -0.39 is 0 Å². The van der Waals surface area contributed by atoms with Gasteiger partial charge in [-0.3, -0.25) is 9.36 Å². The Morgan fingerprint density at radius 1 is 1.22 bits per heavy atom. The lowest BCUT2D eigenvalue weighted by Gasteiger charge is -2.07. The molecule has 2 aromatic heterocycles. The van der Waals surface area contributed by atoms with Gasteiger partial charge in [0.1, 0.15) is 17.7 Å². The molecule has 0 bridgehead atoms. The van der Waals surface area contributed by atoms with E-state index in [1.165, 1.54) is 0 Å². The lowest BCUT2D eigenvalue weighted by Crippen LogP contribution is -2.24. The van der Waals surface area contributed by atoms with Crippen molar-refractivity contribution in [1.29, 1.82) is 0 Å². The Kier molecular flexibility index (Phi) is 4.33. The molecule has 7 heteroatoms. The van der Waals surface area contributed by atoms with Crippen molar-refractivity contribution < 1.29 is 13.9 Å². The van der Waals surface area contributed by atoms with Crippen LogP contribution in [0, 0.1) is 6.92 Å². The second-order valence-corrected chi connectivity index (χ2v) is 6.05. The standard InChI is InChI=1S/C20H18N4O3/c1-13-16-10-15(26-2)8-9-17(16)27-19(13)20(25)21-11-18-23-22-12-24(18)14-6-4-3-5-7-14/h3-10,12H,11H2,1-2H3,(H,21,25). The van der Waals surface area contributed by atoms with E-state index >= 15 is 0 Å². The summed E-state index contributed by atoms with van der Waals surface area (Å²) in [4.78, 5) is 12.6. The third-order valence-electron chi connectivity index (χ3n) is 4.41. The number of methoxy groups -OCH3 is 1. The Morgan fingerprint density at radius 2 is 2.04 bits per heavy atom. The van der Waals surface area contributed by atoms with Crippen LogP contribution in [0.5, 0.6) is 5.75 Å². The highest BCUT2D eigenvalue weighted by atomic mass is 16.5. The zero-order valence-corrected chi connectivity index (χ0v) is 15.0. The molecular formula is C20H18N4O3. The van der Waals surface area contributed by atoms with Gasteiger partial charge in [-0.15, -0.1) is 10.2 Å². The molecule has 0 aliphatic carbocycles. The maximum atomic E-state index is 12.6. The number of carbonyl (C=O) groups excluding carboxylic acids is 1. The van der Waals surface area contributed by atoms with E-state index in [2.05, 4.69) is 15.5 Å². The van der Waals surface area contributed by atoms with Crippen LogP contribution >= 0.6 is 0 Å². The number of fused-ring (bicyclic) bond motifs is 1. The molecule has 0 spiro atoms. The number of nitrogens with one attached hydrogen (secondary N) is 1. The Labute approximate surface area is 155 Å². The van der Waals surface area contributed by atoms with Crippen LogP contribution in [0.15, 0.2) is 59.3 Å². The average molecular weight is 362 g/mol. The van der Waals surface area contributed by atoms with E-state index in [-0.39, 0.29) is 18.2 Å². The smallest absolute Gasteiger partial charge is 0.287 e. The van der Waals surface area contributed by atoms with Gasteiger partial charge in [0.15, 0.2) is 11.6 Å². The first-order valence-electron chi connectivity index (χ1n) is 8.47. The number of hydrogen-bond donors (Lipinski definition) is 1. The number of hydrogen-bond acceptors (Lipinski definition) is 5. The zero-order valence-electron chi connectivity index (χ0n) is 15.0. The highest BCUT2D eigenvalue weighted by Gasteiger charge is 2.18. The van der Waals surface area contributed by atoms with Gasteiger partial charge in [0.05, 0.1) is 13.7 Å². The Hall–Kier alpha value is -3.61. The van der Waals surface area contributed by atoms with E-state index in [9.17, 15) is 4.79 Å². The van der Waals surface area contributed by atoms with Crippen molar-refractivity contribution in [3.8, 4) is 11.4 Å². The Morgan fingerprint density at radius 3 is 2.81 bits per heavy atom. The Bertz CT molecular complexity index is 1100. The fraction of sp³-hybridized carbons (Fsp3) is 0.150. The van der Waals surface area contributed by atoms with Crippen molar-refractivity contribution in [2.24, 2.45) is 0 Å². The minimum atomic E-state index is -0.301. The first-order chi connectivity index (χ1) is 13.2. The number of aromatic nitrogens is 3. The zero-order chi connectivity index (χ0) is 18.8. The lowest BCUT2D eigenvalue weighted by atomic mass is 10.1. The molecular weight excluding hydrogens is 344 g/mol. The number of ether oxygens (including phenoxy) is 1. The van der Waals surface area contributed by atoms with Gasteiger partial charge >= 0.3 is 0 Å². The highest BCUT2D eigenvalue weighted by molar-refractivity contribution is 5.99. The van der Waals surface area contributed by atoms with Crippen LogP contribution < -0.4 is 10.1 Å². The quantitative estimate of drug-likeness (QED) is 0.589. The molecule has 0 saturated carbocycles. The first-order valence-corrected chi connectivity index (χ1v) is 8.47. The fourth-order valence-corrected chi connectivity index (χ4v) is 2.97. The summed E-state index contributed by atoms with van der Waals surface area (Å²) in [6.07, 6.45) is 1.62.